The van der Waals surface area contributed by atoms with Crippen molar-refractivity contribution in [2.45, 2.75) is 51.0 Å². The van der Waals surface area contributed by atoms with Crippen LogP contribution in [0.2, 0.25) is 0 Å². The summed E-state index contributed by atoms with van der Waals surface area (Å²) >= 11 is 0. The molecule has 1 saturated carbocycles. The molecule has 1 fully saturated rings. The molecule has 74 valence electrons. The largest absolute Gasteiger partial charge is 0.390 e. The minimum atomic E-state index is -0.309. The normalized spacial score (nSPS) is 40.3. The quantitative estimate of drug-likeness (QED) is 0.648. The van der Waals surface area contributed by atoms with Crippen LogP contribution in [0, 0.1) is 11.8 Å². The van der Waals surface area contributed by atoms with Crippen molar-refractivity contribution < 1.29 is 5.11 Å². The Morgan fingerprint density at radius 1 is 1.38 bits per heavy atom. The van der Waals surface area contributed by atoms with E-state index in [2.05, 4.69) is 19.1 Å². The predicted molar refractivity (Wildman–Crippen MR) is 54.4 cm³/mol. The molecule has 2 unspecified atom stereocenters. The molecule has 0 saturated heterocycles. The number of rotatable bonds is 2. The summed E-state index contributed by atoms with van der Waals surface area (Å²) in [6.45, 7) is 2.25. The molecule has 0 aliphatic heterocycles. The van der Waals surface area contributed by atoms with Crippen LogP contribution in [0.15, 0.2) is 12.2 Å². The molecule has 0 aromatic rings. The predicted octanol–water partition coefficient (Wildman–Crippen LogP) is 2.89. The van der Waals surface area contributed by atoms with Gasteiger partial charge in [0.05, 0.1) is 5.60 Å². The molecule has 0 heterocycles. The molecular weight excluding hydrogens is 160 g/mol. The van der Waals surface area contributed by atoms with Crippen LogP contribution in [-0.2, 0) is 0 Å². The Balaban J connectivity index is 1.86. The Labute approximate surface area is 80.8 Å². The zero-order valence-corrected chi connectivity index (χ0v) is 8.50. The van der Waals surface area contributed by atoms with Crippen LogP contribution in [0.1, 0.15) is 45.4 Å². The molecule has 0 bridgehead atoms. The first-order chi connectivity index (χ1) is 6.18. The Morgan fingerprint density at radius 2 is 2.08 bits per heavy atom. The summed E-state index contributed by atoms with van der Waals surface area (Å²) in [6.07, 6.45) is 11.2. The van der Waals surface area contributed by atoms with Crippen LogP contribution >= 0.6 is 0 Å². The van der Waals surface area contributed by atoms with E-state index in [9.17, 15) is 5.11 Å². The van der Waals surface area contributed by atoms with Crippen molar-refractivity contribution >= 4 is 0 Å². The van der Waals surface area contributed by atoms with Crippen LogP contribution in [0.4, 0.5) is 0 Å². The second-order valence-electron chi connectivity index (χ2n) is 5.09. The maximum atomic E-state index is 10.3. The van der Waals surface area contributed by atoms with Gasteiger partial charge < -0.3 is 5.11 Å². The van der Waals surface area contributed by atoms with E-state index in [-0.39, 0.29) is 5.60 Å². The lowest BCUT2D eigenvalue weighted by atomic mass is 9.87. The standard InChI is InChI=1S/C12H20O/c1-10-6-7-12(13,8-10)9-11-4-2-3-5-11/h2-3,10-11,13H,4-9H2,1H3. The molecular formula is C12H20O. The first kappa shape index (κ1) is 9.26. The lowest BCUT2D eigenvalue weighted by molar-refractivity contribution is 0.0205. The van der Waals surface area contributed by atoms with Gasteiger partial charge in [0.1, 0.15) is 0 Å². The second kappa shape index (κ2) is 3.45. The summed E-state index contributed by atoms with van der Waals surface area (Å²) < 4.78 is 0. The topological polar surface area (TPSA) is 20.2 Å². The third-order valence-corrected chi connectivity index (χ3v) is 3.61. The maximum Gasteiger partial charge on any atom is 0.0653 e. The van der Waals surface area contributed by atoms with Gasteiger partial charge in [-0.2, -0.15) is 0 Å². The number of hydrogen-bond acceptors (Lipinski definition) is 1. The van der Waals surface area contributed by atoms with E-state index >= 15 is 0 Å². The van der Waals surface area contributed by atoms with Crippen molar-refractivity contribution in [1.82, 2.24) is 0 Å². The van der Waals surface area contributed by atoms with E-state index in [1.165, 1.54) is 19.3 Å². The molecule has 0 aromatic heterocycles. The van der Waals surface area contributed by atoms with Crippen molar-refractivity contribution in [2.24, 2.45) is 11.8 Å². The van der Waals surface area contributed by atoms with Gasteiger partial charge in [-0.05, 0) is 50.4 Å². The van der Waals surface area contributed by atoms with Gasteiger partial charge in [-0.1, -0.05) is 19.1 Å². The van der Waals surface area contributed by atoms with Crippen LogP contribution in [0.3, 0.4) is 0 Å². The highest BCUT2D eigenvalue weighted by molar-refractivity contribution is 4.98. The fourth-order valence-corrected chi connectivity index (χ4v) is 2.93. The van der Waals surface area contributed by atoms with E-state index in [1.807, 2.05) is 0 Å². The molecule has 1 N–H and O–H groups in total. The summed E-state index contributed by atoms with van der Waals surface area (Å²) in [5.41, 5.74) is -0.309. The van der Waals surface area contributed by atoms with Crippen molar-refractivity contribution in [2.75, 3.05) is 0 Å². The molecule has 0 radical (unpaired) electrons. The summed E-state index contributed by atoms with van der Waals surface area (Å²) in [6, 6.07) is 0. The van der Waals surface area contributed by atoms with Gasteiger partial charge in [0.2, 0.25) is 0 Å². The highest BCUT2D eigenvalue weighted by Crippen LogP contribution is 2.40. The minimum Gasteiger partial charge on any atom is -0.390 e. The van der Waals surface area contributed by atoms with Gasteiger partial charge in [0, 0.05) is 0 Å². The Kier molecular flexibility index (Phi) is 2.46. The first-order valence-electron chi connectivity index (χ1n) is 5.55. The van der Waals surface area contributed by atoms with Crippen LogP contribution < -0.4 is 0 Å². The van der Waals surface area contributed by atoms with Gasteiger partial charge in [0.25, 0.3) is 0 Å². The molecule has 2 atom stereocenters. The average Bonchev–Trinajstić information content (AvgIpc) is 2.62. The van der Waals surface area contributed by atoms with Crippen molar-refractivity contribution in [3.05, 3.63) is 12.2 Å². The fourth-order valence-electron chi connectivity index (χ4n) is 2.93. The lowest BCUT2D eigenvalue weighted by Gasteiger charge is -2.26. The minimum absolute atomic E-state index is 0.309. The van der Waals surface area contributed by atoms with E-state index < -0.39 is 0 Å². The Hall–Kier alpha value is -0.300. The van der Waals surface area contributed by atoms with Crippen molar-refractivity contribution in [3.8, 4) is 0 Å². The maximum absolute atomic E-state index is 10.3. The average molecular weight is 180 g/mol. The van der Waals surface area contributed by atoms with Gasteiger partial charge in [-0.15, -0.1) is 0 Å². The van der Waals surface area contributed by atoms with E-state index in [0.29, 0.717) is 0 Å². The first-order valence-corrected chi connectivity index (χ1v) is 5.55. The zero-order valence-electron chi connectivity index (χ0n) is 8.50. The van der Waals surface area contributed by atoms with Crippen LogP contribution in [0.5, 0.6) is 0 Å². The molecule has 1 nitrogen and oxygen atoms in total. The third kappa shape index (κ3) is 2.14. The van der Waals surface area contributed by atoms with Crippen molar-refractivity contribution in [1.29, 1.82) is 0 Å². The Morgan fingerprint density at radius 3 is 2.62 bits per heavy atom. The molecule has 0 aromatic carbocycles. The monoisotopic (exact) mass is 180 g/mol. The van der Waals surface area contributed by atoms with Gasteiger partial charge in [-0.25, -0.2) is 0 Å². The smallest absolute Gasteiger partial charge is 0.0653 e. The molecule has 0 amide bonds. The fraction of sp³-hybridized carbons (Fsp3) is 0.833. The zero-order chi connectivity index (χ0) is 9.31. The molecule has 1 heteroatoms. The number of aliphatic hydroxyl groups is 1. The van der Waals surface area contributed by atoms with Crippen molar-refractivity contribution in [3.63, 3.8) is 0 Å². The molecule has 13 heavy (non-hydrogen) atoms. The number of allylic oxidation sites excluding steroid dienone is 2. The summed E-state index contributed by atoms with van der Waals surface area (Å²) in [5, 5.41) is 10.3. The van der Waals surface area contributed by atoms with Crippen LogP contribution in [0.25, 0.3) is 0 Å². The second-order valence-corrected chi connectivity index (χ2v) is 5.09. The molecule has 2 aliphatic carbocycles. The van der Waals surface area contributed by atoms with E-state index in [4.69, 9.17) is 0 Å². The van der Waals surface area contributed by atoms with E-state index in [0.717, 1.165) is 31.1 Å². The summed E-state index contributed by atoms with van der Waals surface area (Å²) in [7, 11) is 0. The van der Waals surface area contributed by atoms with Gasteiger partial charge in [0.15, 0.2) is 0 Å². The SMILES string of the molecule is CC1CCC(O)(CC2CC=CC2)C1. The highest BCUT2D eigenvalue weighted by Gasteiger charge is 2.36. The van der Waals surface area contributed by atoms with Gasteiger partial charge in [-0.3, -0.25) is 0 Å². The van der Waals surface area contributed by atoms with Crippen LogP contribution in [-0.4, -0.2) is 10.7 Å². The lowest BCUT2D eigenvalue weighted by Crippen LogP contribution is -2.27. The molecule has 2 rings (SSSR count). The Bertz CT molecular complexity index is 201. The molecule has 2 aliphatic rings. The summed E-state index contributed by atoms with van der Waals surface area (Å²) in [5.74, 6) is 1.47. The molecule has 0 spiro atoms. The highest BCUT2D eigenvalue weighted by atomic mass is 16.3. The van der Waals surface area contributed by atoms with Gasteiger partial charge >= 0.3 is 0 Å². The number of hydrogen-bond donors (Lipinski definition) is 1. The van der Waals surface area contributed by atoms with E-state index in [1.54, 1.807) is 0 Å². The summed E-state index contributed by atoms with van der Waals surface area (Å²) in [4.78, 5) is 0. The third-order valence-electron chi connectivity index (χ3n) is 3.61.